The molecule has 2 rings (SSSR count). The van der Waals surface area contributed by atoms with Crippen LogP contribution in [0.25, 0.3) is 0 Å². The van der Waals surface area contributed by atoms with Gasteiger partial charge in [0.05, 0.1) is 0 Å². The van der Waals surface area contributed by atoms with Gasteiger partial charge in [-0.05, 0) is 29.9 Å². The molecule has 3 N–H and O–H groups in total. The van der Waals surface area contributed by atoms with E-state index in [0.29, 0.717) is 6.42 Å². The summed E-state index contributed by atoms with van der Waals surface area (Å²) in [5.41, 5.74) is 6.89. The Labute approximate surface area is 138 Å². The van der Waals surface area contributed by atoms with Crippen LogP contribution in [0, 0.1) is 0 Å². The zero-order valence-electron chi connectivity index (χ0n) is 14.6. The smallest absolute Gasteiger partial charge is 0.325 e. The Morgan fingerprint density at radius 2 is 1.78 bits per heavy atom. The van der Waals surface area contributed by atoms with E-state index in [9.17, 15) is 9.59 Å². The van der Waals surface area contributed by atoms with Crippen LogP contribution in [-0.4, -0.2) is 29.4 Å². The van der Waals surface area contributed by atoms with Gasteiger partial charge < -0.3 is 11.1 Å². The molecule has 23 heavy (non-hydrogen) atoms. The van der Waals surface area contributed by atoms with E-state index in [0.717, 1.165) is 5.56 Å². The standard InChI is InChI=1S/C18H27N3O2/c1-6-14(19)11-21-15(22)18(5,20-16(21)23)13-9-7-12(8-10-13)17(2,3)4/h7-10,14H,6,11,19H2,1-5H3,(H,20,23). The van der Waals surface area contributed by atoms with Gasteiger partial charge in [0.15, 0.2) is 0 Å². The number of nitrogens with two attached hydrogens (primary N) is 1. The molecule has 5 nitrogen and oxygen atoms in total. The molecule has 1 fully saturated rings. The molecule has 0 aliphatic carbocycles. The number of carbonyl (C=O) groups excluding carboxylic acids is 2. The number of benzene rings is 1. The number of urea groups is 1. The summed E-state index contributed by atoms with van der Waals surface area (Å²) in [6, 6.07) is 7.29. The van der Waals surface area contributed by atoms with Crippen molar-refractivity contribution in [3.05, 3.63) is 35.4 Å². The van der Waals surface area contributed by atoms with Crippen LogP contribution >= 0.6 is 0 Å². The van der Waals surface area contributed by atoms with Gasteiger partial charge in [-0.1, -0.05) is 52.0 Å². The first-order valence-corrected chi connectivity index (χ1v) is 8.10. The third-order valence-corrected chi connectivity index (χ3v) is 4.54. The third kappa shape index (κ3) is 3.24. The summed E-state index contributed by atoms with van der Waals surface area (Å²) in [5.74, 6) is -0.241. The zero-order chi connectivity index (χ0) is 17.4. The van der Waals surface area contributed by atoms with Gasteiger partial charge in [-0.3, -0.25) is 9.69 Å². The predicted molar refractivity (Wildman–Crippen MR) is 91.0 cm³/mol. The molecule has 2 unspecified atom stereocenters. The van der Waals surface area contributed by atoms with Gasteiger partial charge in [-0.2, -0.15) is 0 Å². The van der Waals surface area contributed by atoms with Crippen LogP contribution in [0.4, 0.5) is 4.79 Å². The first-order chi connectivity index (χ1) is 10.6. The second-order valence-corrected chi connectivity index (χ2v) is 7.47. The molecule has 126 valence electrons. The van der Waals surface area contributed by atoms with Gasteiger partial charge in [-0.15, -0.1) is 0 Å². The van der Waals surface area contributed by atoms with Crippen molar-refractivity contribution in [3.8, 4) is 0 Å². The fourth-order valence-corrected chi connectivity index (χ4v) is 2.73. The Bertz CT molecular complexity index is 604. The van der Waals surface area contributed by atoms with Gasteiger partial charge in [0, 0.05) is 12.6 Å². The molecule has 1 saturated heterocycles. The minimum atomic E-state index is -1.03. The van der Waals surface area contributed by atoms with E-state index < -0.39 is 5.54 Å². The molecular formula is C18H27N3O2. The minimum absolute atomic E-state index is 0.0439. The molecule has 1 aromatic rings. The van der Waals surface area contributed by atoms with Crippen molar-refractivity contribution in [1.29, 1.82) is 0 Å². The molecule has 5 heteroatoms. The Hall–Kier alpha value is -1.88. The maximum atomic E-state index is 12.8. The molecule has 0 aromatic heterocycles. The highest BCUT2D eigenvalue weighted by Gasteiger charge is 2.49. The van der Waals surface area contributed by atoms with Crippen molar-refractivity contribution in [2.45, 2.75) is 58.0 Å². The molecule has 0 radical (unpaired) electrons. The summed E-state index contributed by atoms with van der Waals surface area (Å²) in [7, 11) is 0. The van der Waals surface area contributed by atoms with E-state index in [4.69, 9.17) is 5.73 Å². The van der Waals surface area contributed by atoms with Crippen LogP contribution in [0.1, 0.15) is 52.2 Å². The van der Waals surface area contributed by atoms with Crippen LogP contribution in [0.3, 0.4) is 0 Å². The number of amides is 3. The maximum absolute atomic E-state index is 12.8. The van der Waals surface area contributed by atoms with E-state index in [1.54, 1.807) is 6.92 Å². The summed E-state index contributed by atoms with van der Waals surface area (Å²) in [6.45, 7) is 10.3. The second kappa shape index (κ2) is 5.96. The fraction of sp³-hybridized carbons (Fsp3) is 0.556. The van der Waals surface area contributed by atoms with Crippen molar-refractivity contribution < 1.29 is 9.59 Å². The van der Waals surface area contributed by atoms with Crippen LogP contribution < -0.4 is 11.1 Å². The van der Waals surface area contributed by atoms with Crippen molar-refractivity contribution in [3.63, 3.8) is 0 Å². The van der Waals surface area contributed by atoms with E-state index in [1.807, 2.05) is 31.2 Å². The highest BCUT2D eigenvalue weighted by molar-refractivity contribution is 6.07. The summed E-state index contributed by atoms with van der Waals surface area (Å²) >= 11 is 0. The SMILES string of the molecule is CCC(N)CN1C(=O)NC(C)(c2ccc(C(C)(C)C)cc2)C1=O. The second-order valence-electron chi connectivity index (χ2n) is 7.47. The van der Waals surface area contributed by atoms with Crippen molar-refractivity contribution >= 4 is 11.9 Å². The zero-order valence-corrected chi connectivity index (χ0v) is 14.6. The summed E-state index contributed by atoms with van der Waals surface area (Å²) in [6.07, 6.45) is 0.716. The Morgan fingerprint density at radius 1 is 1.22 bits per heavy atom. The lowest BCUT2D eigenvalue weighted by atomic mass is 9.84. The van der Waals surface area contributed by atoms with Crippen LogP contribution in [0.2, 0.25) is 0 Å². The van der Waals surface area contributed by atoms with Crippen molar-refractivity contribution in [2.75, 3.05) is 6.54 Å². The predicted octanol–water partition coefficient (Wildman–Crippen LogP) is 2.49. The molecule has 1 aliphatic heterocycles. The van der Waals surface area contributed by atoms with Crippen LogP contribution in [-0.2, 0) is 15.7 Å². The number of carbonyl (C=O) groups is 2. The van der Waals surface area contributed by atoms with Crippen molar-refractivity contribution in [1.82, 2.24) is 10.2 Å². The summed E-state index contributed by atoms with van der Waals surface area (Å²) < 4.78 is 0. The number of hydrogen-bond acceptors (Lipinski definition) is 3. The minimum Gasteiger partial charge on any atom is -0.326 e. The van der Waals surface area contributed by atoms with Gasteiger partial charge in [-0.25, -0.2) is 4.79 Å². The van der Waals surface area contributed by atoms with E-state index in [1.165, 1.54) is 10.5 Å². The fourth-order valence-electron chi connectivity index (χ4n) is 2.73. The molecule has 0 bridgehead atoms. The van der Waals surface area contributed by atoms with Gasteiger partial charge in [0.1, 0.15) is 5.54 Å². The summed E-state index contributed by atoms with van der Waals surface area (Å²) in [5, 5.41) is 2.82. The van der Waals surface area contributed by atoms with E-state index in [2.05, 4.69) is 26.1 Å². The monoisotopic (exact) mass is 317 g/mol. The average Bonchev–Trinajstić information content (AvgIpc) is 2.71. The van der Waals surface area contributed by atoms with Gasteiger partial charge in [0.2, 0.25) is 0 Å². The molecule has 1 aromatic carbocycles. The Morgan fingerprint density at radius 3 is 2.26 bits per heavy atom. The number of hydrogen-bond donors (Lipinski definition) is 2. The number of rotatable bonds is 4. The molecule has 3 amide bonds. The molecule has 0 spiro atoms. The molecule has 1 aliphatic rings. The lowest BCUT2D eigenvalue weighted by Crippen LogP contribution is -2.43. The number of imide groups is 1. The highest BCUT2D eigenvalue weighted by Crippen LogP contribution is 2.31. The van der Waals surface area contributed by atoms with E-state index in [-0.39, 0.29) is 29.9 Å². The van der Waals surface area contributed by atoms with E-state index >= 15 is 0 Å². The number of nitrogens with one attached hydrogen (secondary N) is 1. The first kappa shape index (κ1) is 17.5. The topological polar surface area (TPSA) is 75.4 Å². The van der Waals surface area contributed by atoms with Crippen LogP contribution in [0.5, 0.6) is 0 Å². The third-order valence-electron chi connectivity index (χ3n) is 4.54. The maximum Gasteiger partial charge on any atom is 0.325 e. The highest BCUT2D eigenvalue weighted by atomic mass is 16.2. The number of nitrogens with zero attached hydrogens (tertiary/aromatic N) is 1. The molecular weight excluding hydrogens is 290 g/mol. The Balaban J connectivity index is 2.28. The first-order valence-electron chi connectivity index (χ1n) is 8.10. The Kier molecular flexibility index (Phi) is 4.53. The van der Waals surface area contributed by atoms with Gasteiger partial charge >= 0.3 is 6.03 Å². The normalized spacial score (nSPS) is 23.1. The average molecular weight is 317 g/mol. The summed E-state index contributed by atoms with van der Waals surface area (Å²) in [4.78, 5) is 26.2. The molecule has 1 heterocycles. The lowest BCUT2D eigenvalue weighted by molar-refractivity contribution is -0.131. The van der Waals surface area contributed by atoms with Crippen LogP contribution in [0.15, 0.2) is 24.3 Å². The molecule has 0 saturated carbocycles. The largest absolute Gasteiger partial charge is 0.326 e. The molecule has 2 atom stereocenters. The lowest BCUT2D eigenvalue weighted by Gasteiger charge is -2.25. The van der Waals surface area contributed by atoms with Crippen molar-refractivity contribution in [2.24, 2.45) is 5.73 Å². The van der Waals surface area contributed by atoms with Gasteiger partial charge in [0.25, 0.3) is 5.91 Å². The quantitative estimate of drug-likeness (QED) is 0.838.